The van der Waals surface area contributed by atoms with Gasteiger partial charge in [0.25, 0.3) is 5.82 Å². The molecule has 3 aromatic rings. The zero-order chi connectivity index (χ0) is 14.8. The summed E-state index contributed by atoms with van der Waals surface area (Å²) in [6.45, 7) is 2.22. The minimum absolute atomic E-state index is 0.0251. The highest BCUT2D eigenvalue weighted by atomic mass is 32.1. The van der Waals surface area contributed by atoms with Gasteiger partial charge in [0.05, 0.1) is 18.5 Å². The lowest BCUT2D eigenvalue weighted by molar-refractivity contribution is 0.0586. The van der Waals surface area contributed by atoms with Gasteiger partial charge in [-0.3, -0.25) is 0 Å². The van der Waals surface area contributed by atoms with E-state index in [1.54, 1.807) is 11.3 Å². The molecule has 0 aliphatic rings. The van der Waals surface area contributed by atoms with E-state index in [0.29, 0.717) is 18.2 Å². The van der Waals surface area contributed by atoms with Gasteiger partial charge in [-0.15, -0.1) is 16.4 Å². The van der Waals surface area contributed by atoms with Gasteiger partial charge in [0, 0.05) is 0 Å². The summed E-state index contributed by atoms with van der Waals surface area (Å²) in [5.41, 5.74) is 0.750. The maximum Gasteiger partial charge on any atom is 0.377 e. The van der Waals surface area contributed by atoms with Crippen LogP contribution in [0.25, 0.3) is 10.8 Å². The summed E-state index contributed by atoms with van der Waals surface area (Å²) < 4.78 is 11.7. The monoisotopic (exact) mass is 304 g/mol. The molecule has 7 nitrogen and oxygen atoms in total. The molecule has 0 fully saturated rings. The van der Waals surface area contributed by atoms with Gasteiger partial charge in [-0.25, -0.2) is 19.4 Å². The third-order valence-electron chi connectivity index (χ3n) is 2.84. The van der Waals surface area contributed by atoms with Crippen molar-refractivity contribution in [3.63, 3.8) is 0 Å². The van der Waals surface area contributed by atoms with Crippen LogP contribution in [0.15, 0.2) is 28.3 Å². The van der Waals surface area contributed by atoms with Crippen molar-refractivity contribution in [2.75, 3.05) is 7.11 Å². The first-order valence-corrected chi connectivity index (χ1v) is 7.03. The molecule has 0 aliphatic carbocycles. The number of ether oxygens (including phenoxy) is 1. The number of carbonyl (C=O) groups excluding carboxylic acids is 1. The molecule has 21 heavy (non-hydrogen) atoms. The molecule has 0 aliphatic heterocycles. The number of hydrogen-bond acceptors (Lipinski definition) is 7. The third-order valence-corrected chi connectivity index (χ3v) is 3.70. The minimum Gasteiger partial charge on any atom is -0.463 e. The Morgan fingerprint density at radius 1 is 1.52 bits per heavy atom. The molecule has 0 aromatic carbocycles. The first-order valence-electron chi connectivity index (χ1n) is 6.15. The number of esters is 1. The second-order valence-electron chi connectivity index (χ2n) is 4.26. The number of hydrogen-bond donors (Lipinski definition) is 0. The highest BCUT2D eigenvalue weighted by Crippen LogP contribution is 2.26. The summed E-state index contributed by atoms with van der Waals surface area (Å²) in [5, 5.41) is 6.01. The van der Waals surface area contributed by atoms with Gasteiger partial charge in [-0.1, -0.05) is 6.07 Å². The van der Waals surface area contributed by atoms with Crippen LogP contribution >= 0.6 is 11.3 Å². The molecular formula is C13H12N4O3S. The number of methoxy groups -OCH3 is 1. The Hall–Kier alpha value is -2.48. The van der Waals surface area contributed by atoms with Crippen molar-refractivity contribution in [2.24, 2.45) is 0 Å². The molecule has 0 bridgehead atoms. The number of oxazole rings is 1. The SMILES string of the molecule is COC(=O)c1ncn(Cc2nc(-c3cccs3)oc2C)n1. The highest BCUT2D eigenvalue weighted by Gasteiger charge is 2.15. The van der Waals surface area contributed by atoms with Crippen molar-refractivity contribution in [2.45, 2.75) is 13.5 Å². The number of carbonyl (C=O) groups is 1. The second kappa shape index (κ2) is 5.49. The predicted molar refractivity (Wildman–Crippen MR) is 75.0 cm³/mol. The van der Waals surface area contributed by atoms with Crippen molar-refractivity contribution in [1.29, 1.82) is 0 Å². The van der Waals surface area contributed by atoms with Crippen LogP contribution in [0.3, 0.4) is 0 Å². The van der Waals surface area contributed by atoms with Gasteiger partial charge < -0.3 is 9.15 Å². The van der Waals surface area contributed by atoms with Crippen LogP contribution in [0, 0.1) is 6.92 Å². The Kier molecular flexibility index (Phi) is 3.53. The Bertz CT molecular complexity index is 760. The summed E-state index contributed by atoms with van der Waals surface area (Å²) in [6, 6.07) is 3.89. The van der Waals surface area contributed by atoms with E-state index in [-0.39, 0.29) is 5.82 Å². The second-order valence-corrected chi connectivity index (χ2v) is 5.20. The zero-order valence-corrected chi connectivity index (χ0v) is 12.3. The molecule has 0 saturated heterocycles. The topological polar surface area (TPSA) is 83.0 Å². The number of aryl methyl sites for hydroxylation is 1. The van der Waals surface area contributed by atoms with Crippen LogP contribution in [0.4, 0.5) is 0 Å². The van der Waals surface area contributed by atoms with Crippen molar-refractivity contribution >= 4 is 17.3 Å². The molecule has 108 valence electrons. The Morgan fingerprint density at radius 2 is 2.38 bits per heavy atom. The maximum absolute atomic E-state index is 11.3. The van der Waals surface area contributed by atoms with Crippen molar-refractivity contribution < 1.29 is 13.9 Å². The summed E-state index contributed by atoms with van der Waals surface area (Å²) in [6.07, 6.45) is 1.46. The van der Waals surface area contributed by atoms with Crippen LogP contribution in [0.2, 0.25) is 0 Å². The number of thiophene rings is 1. The van der Waals surface area contributed by atoms with Crippen molar-refractivity contribution in [3.8, 4) is 10.8 Å². The standard InChI is InChI=1S/C13H12N4O3S/c1-8-9(15-12(20-8)10-4-3-5-21-10)6-17-7-14-11(16-17)13(18)19-2/h3-5,7H,6H2,1-2H3. The van der Waals surface area contributed by atoms with Crippen LogP contribution in [0.5, 0.6) is 0 Å². The van der Waals surface area contributed by atoms with Crippen LogP contribution in [-0.2, 0) is 11.3 Å². The Morgan fingerprint density at radius 3 is 3.10 bits per heavy atom. The molecule has 3 heterocycles. The fourth-order valence-electron chi connectivity index (χ4n) is 1.79. The average molecular weight is 304 g/mol. The minimum atomic E-state index is -0.565. The largest absolute Gasteiger partial charge is 0.463 e. The van der Waals surface area contributed by atoms with Crippen molar-refractivity contribution in [1.82, 2.24) is 19.7 Å². The summed E-state index contributed by atoms with van der Waals surface area (Å²) in [5.74, 6) is 0.765. The van der Waals surface area contributed by atoms with E-state index in [1.165, 1.54) is 18.1 Å². The number of rotatable bonds is 4. The lowest BCUT2D eigenvalue weighted by atomic mass is 10.4. The van der Waals surface area contributed by atoms with Gasteiger partial charge in [-0.2, -0.15) is 0 Å². The van der Waals surface area contributed by atoms with E-state index in [0.717, 1.165) is 10.6 Å². The van der Waals surface area contributed by atoms with E-state index in [4.69, 9.17) is 4.42 Å². The molecule has 0 N–H and O–H groups in total. The Labute approximate surface area is 124 Å². The zero-order valence-electron chi connectivity index (χ0n) is 11.4. The molecule has 0 atom stereocenters. The summed E-state index contributed by atoms with van der Waals surface area (Å²) in [4.78, 5) is 20.6. The molecule has 3 aromatic heterocycles. The van der Waals surface area contributed by atoms with E-state index >= 15 is 0 Å². The average Bonchev–Trinajstić information content (AvgIpc) is 3.20. The van der Waals surface area contributed by atoms with E-state index in [9.17, 15) is 4.79 Å². The maximum atomic E-state index is 11.3. The first-order chi connectivity index (χ1) is 10.2. The van der Waals surface area contributed by atoms with Crippen molar-refractivity contribution in [3.05, 3.63) is 41.1 Å². The molecule has 0 saturated carbocycles. The van der Waals surface area contributed by atoms with E-state index in [1.807, 2.05) is 24.4 Å². The lowest BCUT2D eigenvalue weighted by Crippen LogP contribution is -2.07. The molecular weight excluding hydrogens is 292 g/mol. The van der Waals surface area contributed by atoms with Gasteiger partial charge in [0.15, 0.2) is 0 Å². The molecule has 8 heteroatoms. The highest BCUT2D eigenvalue weighted by molar-refractivity contribution is 7.13. The fraction of sp³-hybridized carbons (Fsp3) is 0.231. The number of aromatic nitrogens is 4. The quantitative estimate of drug-likeness (QED) is 0.687. The molecule has 3 rings (SSSR count). The molecule has 0 unspecified atom stereocenters. The Balaban J connectivity index is 1.82. The van der Waals surface area contributed by atoms with Gasteiger partial charge in [0.1, 0.15) is 17.8 Å². The van der Waals surface area contributed by atoms with Gasteiger partial charge in [-0.05, 0) is 18.4 Å². The summed E-state index contributed by atoms with van der Waals surface area (Å²) in [7, 11) is 1.29. The fourth-order valence-corrected chi connectivity index (χ4v) is 2.44. The lowest BCUT2D eigenvalue weighted by Gasteiger charge is -1.96. The van der Waals surface area contributed by atoms with Crippen LogP contribution in [0.1, 0.15) is 22.1 Å². The first kappa shape index (κ1) is 13.5. The molecule has 0 amide bonds. The smallest absolute Gasteiger partial charge is 0.377 e. The summed E-state index contributed by atoms with van der Waals surface area (Å²) >= 11 is 1.56. The normalized spacial score (nSPS) is 10.8. The van der Waals surface area contributed by atoms with Crippen LogP contribution in [-0.4, -0.2) is 32.8 Å². The van der Waals surface area contributed by atoms with E-state index < -0.39 is 5.97 Å². The molecule has 0 spiro atoms. The third kappa shape index (κ3) is 2.70. The van der Waals surface area contributed by atoms with Gasteiger partial charge >= 0.3 is 5.97 Å². The van der Waals surface area contributed by atoms with E-state index in [2.05, 4.69) is 19.8 Å². The van der Waals surface area contributed by atoms with Gasteiger partial charge in [0.2, 0.25) is 5.89 Å². The molecule has 0 radical (unpaired) electrons. The predicted octanol–water partition coefficient (Wildman–Crippen LogP) is 2.14. The number of nitrogens with zero attached hydrogens (tertiary/aromatic N) is 4. The van der Waals surface area contributed by atoms with Crippen LogP contribution < -0.4 is 0 Å².